The summed E-state index contributed by atoms with van der Waals surface area (Å²) < 4.78 is 27.4. The van der Waals surface area contributed by atoms with Gasteiger partial charge >= 0.3 is 0 Å². The van der Waals surface area contributed by atoms with E-state index in [1.165, 1.54) is 10.9 Å². The lowest BCUT2D eigenvalue weighted by molar-refractivity contribution is 0.463. The molecule has 0 bridgehead atoms. The van der Waals surface area contributed by atoms with Crippen molar-refractivity contribution in [1.29, 1.82) is 5.26 Å². The lowest BCUT2D eigenvalue weighted by Gasteiger charge is -2.18. The fraction of sp³-hybridized carbons (Fsp3) is 0.600. The van der Waals surface area contributed by atoms with Crippen LogP contribution in [0, 0.1) is 16.7 Å². The lowest BCUT2D eigenvalue weighted by Crippen LogP contribution is -2.26. The van der Waals surface area contributed by atoms with Gasteiger partial charge in [-0.15, -0.1) is 0 Å². The Bertz CT molecular complexity index is 546. The third kappa shape index (κ3) is 4.07. The molecule has 0 saturated carbocycles. The minimum absolute atomic E-state index is 0.0263. The van der Waals surface area contributed by atoms with Gasteiger partial charge in [0, 0.05) is 13.2 Å². The Hall–Kier alpha value is -1.55. The molecule has 1 aromatic rings. The van der Waals surface area contributed by atoms with E-state index in [2.05, 4.69) is 9.82 Å². The smallest absolute Gasteiger partial charge is 0.234 e. The standard InChI is InChI=1S/C10H16N4O2S/c1-10(2,3)7-17(15,16)13-9-8(5-11)6-14(4)12-9/h6H,7H2,1-4H3,(H,12,13). The second-order valence-electron chi connectivity index (χ2n) is 5.10. The van der Waals surface area contributed by atoms with Crippen LogP contribution in [0.15, 0.2) is 6.20 Å². The highest BCUT2D eigenvalue weighted by molar-refractivity contribution is 7.92. The number of rotatable bonds is 3. The van der Waals surface area contributed by atoms with Crippen LogP contribution in [0.25, 0.3) is 0 Å². The molecule has 1 rings (SSSR count). The Labute approximate surface area is 101 Å². The summed E-state index contributed by atoms with van der Waals surface area (Å²) in [6.07, 6.45) is 1.47. The summed E-state index contributed by atoms with van der Waals surface area (Å²) in [5.41, 5.74) is -0.141. The molecule has 0 spiro atoms. The van der Waals surface area contributed by atoms with Crippen LogP contribution >= 0.6 is 0 Å². The Morgan fingerprint density at radius 1 is 1.53 bits per heavy atom. The van der Waals surface area contributed by atoms with Crippen molar-refractivity contribution in [2.45, 2.75) is 20.8 Å². The maximum Gasteiger partial charge on any atom is 0.234 e. The molecule has 0 aliphatic heterocycles. The van der Waals surface area contributed by atoms with E-state index in [4.69, 9.17) is 5.26 Å². The number of nitrogens with zero attached hydrogens (tertiary/aromatic N) is 3. The summed E-state index contributed by atoms with van der Waals surface area (Å²) in [5, 5.41) is 12.7. The number of nitriles is 1. The van der Waals surface area contributed by atoms with Crippen LogP contribution in [0.3, 0.4) is 0 Å². The number of hydrogen-bond donors (Lipinski definition) is 1. The maximum absolute atomic E-state index is 11.8. The van der Waals surface area contributed by atoms with Crippen molar-refractivity contribution in [2.75, 3.05) is 10.5 Å². The molecule has 0 aliphatic rings. The molecule has 0 atom stereocenters. The molecule has 1 heterocycles. The summed E-state index contributed by atoms with van der Waals surface area (Å²) >= 11 is 0. The van der Waals surface area contributed by atoms with Crippen LogP contribution in [0.4, 0.5) is 5.82 Å². The maximum atomic E-state index is 11.8. The minimum Gasteiger partial charge on any atom is -0.272 e. The SMILES string of the molecule is Cn1cc(C#N)c(NS(=O)(=O)CC(C)(C)C)n1. The first kappa shape index (κ1) is 13.5. The number of aromatic nitrogens is 2. The molecule has 0 aromatic carbocycles. The number of aryl methyl sites for hydroxylation is 1. The summed E-state index contributed by atoms with van der Waals surface area (Å²) in [6, 6.07) is 1.89. The largest absolute Gasteiger partial charge is 0.272 e. The molecule has 0 fully saturated rings. The normalized spacial score (nSPS) is 12.2. The molecule has 0 radical (unpaired) electrons. The molecule has 0 amide bonds. The molecule has 6 nitrogen and oxygen atoms in total. The number of nitrogens with one attached hydrogen (secondary N) is 1. The van der Waals surface area contributed by atoms with Crippen LogP contribution in [-0.2, 0) is 17.1 Å². The Kier molecular flexibility index (Phi) is 3.48. The molecule has 1 N–H and O–H groups in total. The minimum atomic E-state index is -3.49. The van der Waals surface area contributed by atoms with Crippen molar-refractivity contribution in [3.05, 3.63) is 11.8 Å². The van der Waals surface area contributed by atoms with Crippen molar-refractivity contribution in [3.63, 3.8) is 0 Å². The molecular weight excluding hydrogens is 240 g/mol. The first-order valence-electron chi connectivity index (χ1n) is 5.07. The van der Waals surface area contributed by atoms with Gasteiger partial charge in [0.05, 0.1) is 5.75 Å². The van der Waals surface area contributed by atoms with Gasteiger partial charge in [-0.3, -0.25) is 9.40 Å². The summed E-state index contributed by atoms with van der Waals surface area (Å²) in [4.78, 5) is 0. The lowest BCUT2D eigenvalue weighted by atomic mass is 10.0. The second-order valence-corrected chi connectivity index (χ2v) is 6.82. The molecule has 0 unspecified atom stereocenters. The molecule has 0 saturated heterocycles. The zero-order chi connectivity index (χ0) is 13.3. The highest BCUT2D eigenvalue weighted by Crippen LogP contribution is 2.19. The predicted octanol–water partition coefficient (Wildman–Crippen LogP) is 1.08. The highest BCUT2D eigenvalue weighted by Gasteiger charge is 2.23. The van der Waals surface area contributed by atoms with Crippen molar-refractivity contribution in [3.8, 4) is 6.07 Å². The van der Waals surface area contributed by atoms with Crippen molar-refractivity contribution in [1.82, 2.24) is 9.78 Å². The topological polar surface area (TPSA) is 87.8 Å². The Morgan fingerprint density at radius 3 is 2.59 bits per heavy atom. The molecular formula is C10H16N4O2S. The van der Waals surface area contributed by atoms with Crippen molar-refractivity contribution in [2.24, 2.45) is 12.5 Å². The van der Waals surface area contributed by atoms with Gasteiger partial charge in [0.25, 0.3) is 0 Å². The zero-order valence-corrected chi connectivity index (χ0v) is 11.2. The fourth-order valence-corrected chi connectivity index (χ4v) is 3.06. The van der Waals surface area contributed by atoms with Gasteiger partial charge in [-0.1, -0.05) is 20.8 Å². The third-order valence-corrected chi connectivity index (χ3v) is 3.57. The second kappa shape index (κ2) is 4.37. The molecule has 1 aromatic heterocycles. The van der Waals surface area contributed by atoms with E-state index in [-0.39, 0.29) is 22.5 Å². The monoisotopic (exact) mass is 256 g/mol. The Balaban J connectivity index is 2.95. The van der Waals surface area contributed by atoms with E-state index >= 15 is 0 Å². The van der Waals surface area contributed by atoms with E-state index < -0.39 is 10.0 Å². The summed E-state index contributed by atoms with van der Waals surface area (Å²) in [6.45, 7) is 5.49. The van der Waals surface area contributed by atoms with E-state index in [1.54, 1.807) is 7.05 Å². The van der Waals surface area contributed by atoms with E-state index in [0.717, 1.165) is 0 Å². The highest BCUT2D eigenvalue weighted by atomic mass is 32.2. The quantitative estimate of drug-likeness (QED) is 0.876. The average molecular weight is 256 g/mol. The third-order valence-electron chi connectivity index (χ3n) is 1.82. The van der Waals surface area contributed by atoms with Gasteiger partial charge in [0.2, 0.25) is 10.0 Å². The van der Waals surface area contributed by atoms with Gasteiger partial charge < -0.3 is 0 Å². The number of sulfonamides is 1. The van der Waals surface area contributed by atoms with Crippen LogP contribution in [0.2, 0.25) is 0 Å². The molecule has 0 aliphatic carbocycles. The molecule has 7 heteroatoms. The summed E-state index contributed by atoms with van der Waals surface area (Å²) in [5.74, 6) is 0.0563. The van der Waals surface area contributed by atoms with Crippen molar-refractivity contribution < 1.29 is 8.42 Å². The van der Waals surface area contributed by atoms with Gasteiger partial charge in [-0.2, -0.15) is 10.4 Å². The molecule has 17 heavy (non-hydrogen) atoms. The van der Waals surface area contributed by atoms with Gasteiger partial charge in [0.15, 0.2) is 5.82 Å². The van der Waals surface area contributed by atoms with Crippen LogP contribution in [-0.4, -0.2) is 24.0 Å². The van der Waals surface area contributed by atoms with Gasteiger partial charge in [-0.25, -0.2) is 8.42 Å². The van der Waals surface area contributed by atoms with E-state index in [9.17, 15) is 8.42 Å². The number of hydrogen-bond acceptors (Lipinski definition) is 4. The average Bonchev–Trinajstić information content (AvgIpc) is 2.40. The number of anilines is 1. The van der Waals surface area contributed by atoms with Crippen LogP contribution in [0.1, 0.15) is 26.3 Å². The predicted molar refractivity (Wildman–Crippen MR) is 64.8 cm³/mol. The first-order valence-corrected chi connectivity index (χ1v) is 6.72. The van der Waals surface area contributed by atoms with Gasteiger partial charge in [0.1, 0.15) is 11.6 Å². The fourth-order valence-electron chi connectivity index (χ4n) is 1.40. The van der Waals surface area contributed by atoms with Crippen LogP contribution in [0.5, 0.6) is 0 Å². The van der Waals surface area contributed by atoms with Crippen LogP contribution < -0.4 is 4.72 Å². The first-order chi connectivity index (χ1) is 7.63. The zero-order valence-electron chi connectivity index (χ0n) is 10.4. The van der Waals surface area contributed by atoms with Gasteiger partial charge in [-0.05, 0) is 5.41 Å². The molecule has 94 valence electrons. The van der Waals surface area contributed by atoms with E-state index in [0.29, 0.717) is 0 Å². The van der Waals surface area contributed by atoms with Crippen molar-refractivity contribution >= 4 is 15.8 Å². The Morgan fingerprint density at radius 2 is 2.12 bits per heavy atom. The summed E-state index contributed by atoms with van der Waals surface area (Å²) in [7, 11) is -1.86. The van der Waals surface area contributed by atoms with E-state index in [1.807, 2.05) is 26.8 Å².